The summed E-state index contributed by atoms with van der Waals surface area (Å²) in [5.41, 5.74) is -5.55. The van der Waals surface area contributed by atoms with Crippen molar-refractivity contribution in [2.75, 3.05) is 13.2 Å². The normalized spacial score (nSPS) is 40.6. The summed E-state index contributed by atoms with van der Waals surface area (Å²) in [5.74, 6) is -3.11. The number of aliphatic hydroxyl groups excluding tert-OH is 1. The van der Waals surface area contributed by atoms with Crippen LogP contribution in [0.5, 0.6) is 0 Å². The maximum Gasteiger partial charge on any atom is 0.509 e. The van der Waals surface area contributed by atoms with E-state index in [1.54, 1.807) is 26.8 Å². The molecule has 0 heterocycles. The van der Waals surface area contributed by atoms with Crippen molar-refractivity contribution in [3.8, 4) is 0 Å². The Balaban J connectivity index is 1.74. The van der Waals surface area contributed by atoms with Gasteiger partial charge in [0.05, 0.1) is 12.7 Å². The zero-order chi connectivity index (χ0) is 28.8. The molecule has 0 aromatic rings. The Hall–Kier alpha value is -2.55. The number of fused-ring (bicyclic) bond motifs is 5. The number of aliphatic hydroxyl groups is 1. The molecule has 0 unspecified atom stereocenters. The molecule has 39 heavy (non-hydrogen) atoms. The topological polar surface area (TPSA) is 116 Å². The predicted molar refractivity (Wildman–Crippen MR) is 139 cm³/mol. The Morgan fingerprint density at radius 3 is 2.54 bits per heavy atom. The van der Waals surface area contributed by atoms with Crippen LogP contribution in [0.4, 0.5) is 9.18 Å². The second kappa shape index (κ2) is 10.5. The quantitative estimate of drug-likeness (QED) is 0.339. The van der Waals surface area contributed by atoms with Gasteiger partial charge in [-0.25, -0.2) is 9.18 Å². The van der Waals surface area contributed by atoms with Gasteiger partial charge >= 0.3 is 12.1 Å². The van der Waals surface area contributed by atoms with E-state index in [1.165, 1.54) is 19.1 Å². The van der Waals surface area contributed by atoms with Crippen LogP contribution in [0.1, 0.15) is 79.6 Å². The van der Waals surface area contributed by atoms with E-state index >= 15 is 4.39 Å². The monoisotopic (exact) mass is 548 g/mol. The first-order valence-corrected chi connectivity index (χ1v) is 14.1. The van der Waals surface area contributed by atoms with E-state index in [2.05, 4.69) is 0 Å². The summed E-state index contributed by atoms with van der Waals surface area (Å²) in [6.07, 6.45) is 5.39. The van der Waals surface area contributed by atoms with Gasteiger partial charge in [-0.1, -0.05) is 45.3 Å². The number of allylic oxidation sites excluding steroid dienone is 4. The van der Waals surface area contributed by atoms with Crippen LogP contribution < -0.4 is 0 Å². The molecule has 8 nitrogen and oxygen atoms in total. The summed E-state index contributed by atoms with van der Waals surface area (Å²) in [6.45, 7) is 8.00. The van der Waals surface area contributed by atoms with Crippen molar-refractivity contribution in [2.24, 2.45) is 28.6 Å². The zero-order valence-electron chi connectivity index (χ0n) is 23.6. The van der Waals surface area contributed by atoms with Gasteiger partial charge in [0.1, 0.15) is 0 Å². The van der Waals surface area contributed by atoms with Gasteiger partial charge in [-0.15, -0.1) is 0 Å². The highest BCUT2D eigenvalue weighted by atomic mass is 19.1. The summed E-state index contributed by atoms with van der Waals surface area (Å²) in [4.78, 5) is 50.5. The highest BCUT2D eigenvalue weighted by Crippen LogP contribution is 2.71. The molecule has 1 N–H and O–H groups in total. The van der Waals surface area contributed by atoms with E-state index in [0.29, 0.717) is 31.3 Å². The number of carbonyl (C=O) groups excluding carboxylic acids is 4. The Labute approximate surface area is 229 Å². The number of Topliss-reactive ketones (excluding diaryl/α,β-unsaturated/α-hetero) is 1. The van der Waals surface area contributed by atoms with Crippen molar-refractivity contribution in [1.82, 2.24) is 0 Å². The van der Waals surface area contributed by atoms with Gasteiger partial charge < -0.3 is 19.3 Å². The molecule has 0 aliphatic heterocycles. The lowest BCUT2D eigenvalue weighted by Crippen LogP contribution is -2.70. The van der Waals surface area contributed by atoms with Gasteiger partial charge in [-0.3, -0.25) is 14.4 Å². The van der Waals surface area contributed by atoms with Gasteiger partial charge in [-0.2, -0.15) is 0 Å². The zero-order valence-corrected chi connectivity index (χ0v) is 23.6. The molecule has 0 amide bonds. The minimum absolute atomic E-state index is 0.132. The maximum absolute atomic E-state index is 17.5. The van der Waals surface area contributed by atoms with E-state index in [4.69, 9.17) is 14.2 Å². The molecule has 8 atom stereocenters. The molecule has 3 saturated carbocycles. The van der Waals surface area contributed by atoms with Crippen LogP contribution in [0.3, 0.4) is 0 Å². The number of hydrogen-bond donors (Lipinski definition) is 1. The van der Waals surface area contributed by atoms with Crippen molar-refractivity contribution in [1.29, 1.82) is 0 Å². The first-order chi connectivity index (χ1) is 18.3. The SMILES string of the molecule is CCCCCOC(=O)O[C@]1(C(=O)COC(C)=O)[C@H](C)C[C@H]2[C@@H]3CCC4=CC(=O)C=C[C@]4(C)[C@@]3(F)[C@@H](O)C[C@@]21C. The minimum Gasteiger partial charge on any atom is -0.458 e. The van der Waals surface area contributed by atoms with E-state index in [-0.39, 0.29) is 18.8 Å². The van der Waals surface area contributed by atoms with Crippen LogP contribution in [-0.4, -0.2) is 59.4 Å². The summed E-state index contributed by atoms with van der Waals surface area (Å²) < 4.78 is 33.8. The van der Waals surface area contributed by atoms with Crippen molar-refractivity contribution in [3.63, 3.8) is 0 Å². The smallest absolute Gasteiger partial charge is 0.458 e. The first kappa shape index (κ1) is 29.4. The fourth-order valence-corrected chi connectivity index (χ4v) is 8.34. The number of ether oxygens (including phenoxy) is 3. The lowest BCUT2D eigenvalue weighted by Gasteiger charge is -2.62. The number of alkyl halides is 1. The van der Waals surface area contributed by atoms with Crippen molar-refractivity contribution in [2.45, 2.75) is 96.9 Å². The van der Waals surface area contributed by atoms with Gasteiger partial charge in [0.15, 0.2) is 23.7 Å². The molecule has 216 valence electrons. The third-order valence-electron chi connectivity index (χ3n) is 10.2. The number of ketones is 2. The van der Waals surface area contributed by atoms with Gasteiger partial charge in [0.2, 0.25) is 5.78 Å². The van der Waals surface area contributed by atoms with Crippen LogP contribution in [0.15, 0.2) is 23.8 Å². The largest absolute Gasteiger partial charge is 0.509 e. The van der Waals surface area contributed by atoms with Gasteiger partial charge in [-0.05, 0) is 57.1 Å². The minimum atomic E-state index is -2.09. The van der Waals surface area contributed by atoms with Crippen molar-refractivity contribution in [3.05, 3.63) is 23.8 Å². The number of rotatable bonds is 8. The van der Waals surface area contributed by atoms with Crippen LogP contribution in [0.25, 0.3) is 0 Å². The van der Waals surface area contributed by atoms with Crippen LogP contribution in [0.2, 0.25) is 0 Å². The van der Waals surface area contributed by atoms with E-state index < -0.39 is 70.5 Å². The van der Waals surface area contributed by atoms with Gasteiger partial charge in [0, 0.05) is 29.6 Å². The molecular weight excluding hydrogens is 507 g/mol. The molecule has 0 bridgehead atoms. The van der Waals surface area contributed by atoms with Crippen LogP contribution >= 0.6 is 0 Å². The average molecular weight is 549 g/mol. The Morgan fingerprint density at radius 2 is 1.87 bits per heavy atom. The average Bonchev–Trinajstić information content (AvgIpc) is 3.08. The molecule has 0 aromatic heterocycles. The predicted octanol–water partition coefficient (Wildman–Crippen LogP) is 4.82. The maximum atomic E-state index is 17.5. The number of unbranched alkanes of at least 4 members (excludes halogenated alkanes) is 2. The number of esters is 1. The standard InChI is InChI=1S/C30H41FO8/c1-6-7-8-13-37-26(36)39-30(25(35)17-38-19(3)32)18(2)14-23-22-10-9-20-15-21(33)11-12-27(20,4)29(22,31)24(34)16-28(23,30)5/h11-12,15,18,22-24,34H,6-10,13-14,16-17H2,1-5H3/t18-,22+,23+,24+,27+,28+,29+,30+/m1/s1. The summed E-state index contributed by atoms with van der Waals surface area (Å²) in [5, 5.41) is 11.6. The summed E-state index contributed by atoms with van der Waals surface area (Å²) >= 11 is 0. The highest BCUT2D eigenvalue weighted by molar-refractivity contribution is 6.01. The highest BCUT2D eigenvalue weighted by Gasteiger charge is 2.77. The summed E-state index contributed by atoms with van der Waals surface area (Å²) in [6, 6.07) is 0. The van der Waals surface area contributed by atoms with E-state index in [9.17, 15) is 24.3 Å². The molecular formula is C30H41FO8. The summed E-state index contributed by atoms with van der Waals surface area (Å²) in [7, 11) is 0. The molecule has 3 fully saturated rings. The Morgan fingerprint density at radius 1 is 1.15 bits per heavy atom. The first-order valence-electron chi connectivity index (χ1n) is 14.1. The van der Waals surface area contributed by atoms with Crippen molar-refractivity contribution >= 4 is 23.7 Å². The van der Waals surface area contributed by atoms with Crippen LogP contribution in [0, 0.1) is 28.6 Å². The second-order valence-corrected chi connectivity index (χ2v) is 12.2. The molecule has 0 saturated heterocycles. The molecule has 0 spiro atoms. The lowest BCUT2D eigenvalue weighted by atomic mass is 9.44. The molecule has 4 rings (SSSR count). The lowest BCUT2D eigenvalue weighted by molar-refractivity contribution is -0.222. The van der Waals surface area contributed by atoms with Crippen LogP contribution in [-0.2, 0) is 28.6 Å². The van der Waals surface area contributed by atoms with Crippen molar-refractivity contribution < 1.29 is 42.9 Å². The number of halogens is 1. The molecule has 9 heteroatoms. The van der Waals surface area contributed by atoms with E-state index in [1.807, 2.05) is 6.92 Å². The molecule has 0 aromatic carbocycles. The van der Waals surface area contributed by atoms with Gasteiger partial charge in [0.25, 0.3) is 0 Å². The third-order valence-corrected chi connectivity index (χ3v) is 10.2. The Bertz CT molecular complexity index is 1100. The Kier molecular flexibility index (Phi) is 7.89. The number of carbonyl (C=O) groups is 4. The number of hydrogen-bond acceptors (Lipinski definition) is 8. The fourth-order valence-electron chi connectivity index (χ4n) is 8.34. The molecule has 4 aliphatic rings. The third kappa shape index (κ3) is 4.35. The molecule has 4 aliphatic carbocycles. The molecule has 0 radical (unpaired) electrons. The second-order valence-electron chi connectivity index (χ2n) is 12.2. The van der Waals surface area contributed by atoms with E-state index in [0.717, 1.165) is 12.8 Å². The fraction of sp³-hybridized carbons (Fsp3) is 0.733.